The van der Waals surface area contributed by atoms with E-state index in [2.05, 4.69) is 38.4 Å². The minimum absolute atomic E-state index is 0.0502. The Morgan fingerprint density at radius 3 is 3.13 bits per heavy atom. The maximum Gasteiger partial charge on any atom is 0.245 e. The highest BCUT2D eigenvalue weighted by Gasteiger charge is 2.23. The Kier molecular flexibility index (Phi) is 6.03. The molecule has 1 aliphatic heterocycles. The van der Waals surface area contributed by atoms with Crippen molar-refractivity contribution in [1.82, 2.24) is 19.9 Å². The molecule has 0 saturated carbocycles. The van der Waals surface area contributed by atoms with E-state index in [0.29, 0.717) is 30.2 Å². The molecule has 1 fully saturated rings. The molecular formula is C23H20FN5O2. The number of fused-ring (bicyclic) bond motifs is 1. The zero-order valence-corrected chi connectivity index (χ0v) is 16.7. The average molecular weight is 417 g/mol. The molecule has 0 aliphatic carbocycles. The lowest BCUT2D eigenvalue weighted by atomic mass is 10.1. The van der Waals surface area contributed by atoms with Gasteiger partial charge in [-0.25, -0.2) is 19.4 Å². The third-order valence-corrected chi connectivity index (χ3v) is 4.88. The molecule has 1 N–H and O–H groups in total. The Bertz CT molecular complexity index is 1210. The van der Waals surface area contributed by atoms with Crippen LogP contribution in [0.1, 0.15) is 12.1 Å². The number of aromatic nitrogens is 3. The molecule has 1 aromatic carbocycles. The van der Waals surface area contributed by atoms with Crippen LogP contribution in [0.25, 0.3) is 11.0 Å². The lowest BCUT2D eigenvalue weighted by Crippen LogP contribution is -2.26. The predicted molar refractivity (Wildman–Crippen MR) is 116 cm³/mol. The molecule has 8 heteroatoms. The first-order valence-corrected chi connectivity index (χ1v) is 9.79. The minimum atomic E-state index is -0.424. The van der Waals surface area contributed by atoms with E-state index in [-0.39, 0.29) is 24.2 Å². The molecule has 0 radical (unpaired) electrons. The van der Waals surface area contributed by atoms with Crippen molar-refractivity contribution in [1.29, 1.82) is 0 Å². The van der Waals surface area contributed by atoms with Crippen LogP contribution >= 0.6 is 0 Å². The zero-order chi connectivity index (χ0) is 21.6. The van der Waals surface area contributed by atoms with Gasteiger partial charge >= 0.3 is 0 Å². The van der Waals surface area contributed by atoms with Crippen LogP contribution in [0, 0.1) is 23.6 Å². The van der Waals surface area contributed by atoms with Gasteiger partial charge < -0.3 is 14.6 Å². The van der Waals surface area contributed by atoms with Gasteiger partial charge in [0.15, 0.2) is 17.4 Å². The van der Waals surface area contributed by atoms with Crippen molar-refractivity contribution in [3.8, 4) is 17.6 Å². The van der Waals surface area contributed by atoms with E-state index in [1.165, 1.54) is 18.5 Å². The number of carbonyl (C=O) groups is 1. The highest BCUT2D eigenvalue weighted by Crippen LogP contribution is 2.23. The van der Waals surface area contributed by atoms with E-state index in [0.717, 1.165) is 11.8 Å². The Balaban J connectivity index is 1.43. The van der Waals surface area contributed by atoms with E-state index in [4.69, 9.17) is 4.74 Å². The number of likely N-dealkylation sites (tertiary alicyclic amines) is 1. The molecule has 0 bridgehead atoms. The molecule has 1 saturated heterocycles. The van der Waals surface area contributed by atoms with Crippen LogP contribution in [0.4, 0.5) is 10.2 Å². The Labute approximate surface area is 178 Å². The van der Waals surface area contributed by atoms with Gasteiger partial charge in [0, 0.05) is 25.2 Å². The van der Waals surface area contributed by atoms with Gasteiger partial charge in [-0.05, 0) is 36.6 Å². The summed E-state index contributed by atoms with van der Waals surface area (Å²) in [6, 6.07) is 8.01. The fourth-order valence-corrected chi connectivity index (χ4v) is 3.32. The predicted octanol–water partition coefficient (Wildman–Crippen LogP) is 3.26. The lowest BCUT2D eigenvalue weighted by Gasteiger charge is -2.12. The van der Waals surface area contributed by atoms with Gasteiger partial charge in [-0.3, -0.25) is 4.79 Å². The standard InChI is InChI=1S/C23H20FN5O2/c1-2-21(30)29-10-9-16(14-29)13-25-22-18-12-17(28-23(18)27-15-26-22)6-5-11-31-20-8-4-3-7-19(20)24/h2-4,7-8,12-13,15-16H,1,9-11,14H2,(H,26,27,28)/b25-13-. The molecule has 1 aliphatic rings. The number of ether oxygens (including phenoxy) is 1. The second-order valence-corrected chi connectivity index (χ2v) is 6.98. The second kappa shape index (κ2) is 9.22. The maximum absolute atomic E-state index is 13.6. The topological polar surface area (TPSA) is 83.5 Å². The summed E-state index contributed by atoms with van der Waals surface area (Å²) < 4.78 is 18.9. The number of nitrogens with one attached hydrogen (secondary N) is 1. The molecule has 7 nitrogen and oxygen atoms in total. The zero-order valence-electron chi connectivity index (χ0n) is 16.7. The number of halogens is 1. The molecule has 1 unspecified atom stereocenters. The summed E-state index contributed by atoms with van der Waals surface area (Å²) >= 11 is 0. The highest BCUT2D eigenvalue weighted by atomic mass is 19.1. The number of rotatable bonds is 5. The summed E-state index contributed by atoms with van der Waals surface area (Å²) in [7, 11) is 0. The molecule has 4 rings (SSSR count). The summed E-state index contributed by atoms with van der Waals surface area (Å²) in [5.74, 6) is 6.18. The number of carbonyl (C=O) groups excluding carboxylic acids is 1. The van der Waals surface area contributed by atoms with Crippen molar-refractivity contribution in [3.63, 3.8) is 0 Å². The van der Waals surface area contributed by atoms with Crippen molar-refractivity contribution >= 4 is 29.0 Å². The number of amides is 1. The van der Waals surface area contributed by atoms with Crippen LogP contribution in [0.2, 0.25) is 0 Å². The third kappa shape index (κ3) is 4.78. The van der Waals surface area contributed by atoms with Crippen LogP contribution < -0.4 is 4.74 Å². The molecule has 3 heterocycles. The first kappa shape index (κ1) is 20.3. The number of benzene rings is 1. The van der Waals surface area contributed by atoms with Crippen molar-refractivity contribution in [2.75, 3.05) is 19.7 Å². The third-order valence-electron chi connectivity index (χ3n) is 4.88. The van der Waals surface area contributed by atoms with Gasteiger partial charge in [-0.15, -0.1) is 0 Å². The van der Waals surface area contributed by atoms with Crippen molar-refractivity contribution in [3.05, 3.63) is 60.8 Å². The van der Waals surface area contributed by atoms with E-state index in [1.807, 2.05) is 12.3 Å². The molecular weight excluding hydrogens is 397 g/mol. The first-order valence-electron chi connectivity index (χ1n) is 9.79. The van der Waals surface area contributed by atoms with Crippen LogP contribution in [-0.4, -0.2) is 51.7 Å². The minimum Gasteiger partial charge on any atom is -0.478 e. The Hall–Kier alpha value is -3.99. The monoisotopic (exact) mass is 417 g/mol. The number of hydrogen-bond donors (Lipinski definition) is 1. The van der Waals surface area contributed by atoms with Gasteiger partial charge in [-0.2, -0.15) is 0 Å². The molecule has 156 valence electrons. The van der Waals surface area contributed by atoms with E-state index in [9.17, 15) is 9.18 Å². The van der Waals surface area contributed by atoms with Crippen LogP contribution in [0.15, 0.2) is 54.3 Å². The van der Waals surface area contributed by atoms with Crippen molar-refractivity contribution in [2.45, 2.75) is 6.42 Å². The number of aliphatic imine (C=N–C) groups is 1. The number of hydrogen-bond acceptors (Lipinski definition) is 5. The highest BCUT2D eigenvalue weighted by molar-refractivity contribution is 5.89. The Morgan fingerprint density at radius 2 is 2.29 bits per heavy atom. The van der Waals surface area contributed by atoms with Gasteiger partial charge in [0.05, 0.1) is 11.1 Å². The van der Waals surface area contributed by atoms with Crippen molar-refractivity contribution < 1.29 is 13.9 Å². The van der Waals surface area contributed by atoms with E-state index < -0.39 is 5.82 Å². The smallest absolute Gasteiger partial charge is 0.245 e. The van der Waals surface area contributed by atoms with Crippen LogP contribution in [0.3, 0.4) is 0 Å². The SMILES string of the molecule is C=CC(=O)N1CCC(/C=N\c2ncnc3[nH]c(C#CCOc4ccccc4F)cc23)C1. The molecule has 31 heavy (non-hydrogen) atoms. The summed E-state index contributed by atoms with van der Waals surface area (Å²) in [5, 5.41) is 0.745. The van der Waals surface area contributed by atoms with Crippen LogP contribution in [-0.2, 0) is 4.79 Å². The maximum atomic E-state index is 13.6. The lowest BCUT2D eigenvalue weighted by molar-refractivity contribution is -0.125. The number of aromatic amines is 1. The van der Waals surface area contributed by atoms with E-state index in [1.54, 1.807) is 23.1 Å². The quantitative estimate of drug-likeness (QED) is 0.392. The normalized spacial score (nSPS) is 15.8. The molecule has 3 aromatic rings. The van der Waals surface area contributed by atoms with Gasteiger partial charge in [-0.1, -0.05) is 24.6 Å². The second-order valence-electron chi connectivity index (χ2n) is 6.98. The summed E-state index contributed by atoms with van der Waals surface area (Å²) in [6.45, 7) is 4.89. The fourth-order valence-electron chi connectivity index (χ4n) is 3.32. The summed E-state index contributed by atoms with van der Waals surface area (Å²) in [5.41, 5.74) is 1.25. The largest absolute Gasteiger partial charge is 0.478 e. The summed E-state index contributed by atoms with van der Waals surface area (Å²) in [6.07, 6.45) is 5.45. The first-order chi connectivity index (χ1) is 15.1. The fraction of sp³-hybridized carbons (Fsp3) is 0.217. The molecule has 1 atom stereocenters. The number of para-hydroxylation sites is 1. The van der Waals surface area contributed by atoms with Crippen LogP contribution in [0.5, 0.6) is 5.75 Å². The average Bonchev–Trinajstić information content (AvgIpc) is 3.43. The molecule has 0 spiro atoms. The number of H-pyrrole nitrogens is 1. The number of nitrogens with zero attached hydrogens (tertiary/aromatic N) is 4. The Morgan fingerprint density at radius 1 is 1.42 bits per heavy atom. The van der Waals surface area contributed by atoms with Crippen molar-refractivity contribution in [2.24, 2.45) is 10.9 Å². The van der Waals surface area contributed by atoms with Gasteiger partial charge in [0.1, 0.15) is 18.6 Å². The van der Waals surface area contributed by atoms with Gasteiger partial charge in [0.2, 0.25) is 5.91 Å². The van der Waals surface area contributed by atoms with E-state index >= 15 is 0 Å². The summed E-state index contributed by atoms with van der Waals surface area (Å²) in [4.78, 5) is 29.6. The molecule has 2 aromatic heterocycles. The molecule has 1 amide bonds. The van der Waals surface area contributed by atoms with Gasteiger partial charge in [0.25, 0.3) is 0 Å².